The summed E-state index contributed by atoms with van der Waals surface area (Å²) in [6.45, 7) is 2.67. The number of likely N-dealkylation sites (N-methyl/N-ethyl adjacent to an activating group) is 1. The Balaban J connectivity index is 2.11. The number of nitrogens with one attached hydrogen (secondary N) is 1. The molecule has 25 heavy (non-hydrogen) atoms. The summed E-state index contributed by atoms with van der Waals surface area (Å²) in [5, 5.41) is 4.16. The maximum atomic E-state index is 12.1. The van der Waals surface area contributed by atoms with Crippen LogP contribution in [0.1, 0.15) is 34.3 Å². The molecule has 1 amide bonds. The van der Waals surface area contributed by atoms with Crippen LogP contribution in [0.4, 0.5) is 0 Å². The fourth-order valence-corrected chi connectivity index (χ4v) is 3.01. The van der Waals surface area contributed by atoms with Gasteiger partial charge in [-0.1, -0.05) is 12.1 Å². The number of Topliss-reactive ketones (excluding diaryl/α,β-unsaturated/α-hetero) is 1. The Morgan fingerprint density at radius 2 is 2.16 bits per heavy atom. The Kier molecular flexibility index (Phi) is 6.66. The van der Waals surface area contributed by atoms with Crippen LogP contribution in [0.15, 0.2) is 28.6 Å². The number of thiol groups is 1. The lowest BCUT2D eigenvalue weighted by atomic mass is 10.0. The zero-order valence-electron chi connectivity index (χ0n) is 14.2. The van der Waals surface area contributed by atoms with Crippen molar-refractivity contribution in [1.82, 2.24) is 10.2 Å². The Labute approximate surface area is 152 Å². The highest BCUT2D eigenvalue weighted by Crippen LogP contribution is 2.20. The molecule has 0 spiro atoms. The first kappa shape index (κ1) is 19.1. The van der Waals surface area contributed by atoms with Gasteiger partial charge in [0, 0.05) is 11.1 Å². The molecule has 2 rings (SSSR count). The number of aliphatic imine (C=N–C) groups is 1. The van der Waals surface area contributed by atoms with Crippen LogP contribution < -0.4 is 5.32 Å². The summed E-state index contributed by atoms with van der Waals surface area (Å²) < 4.78 is 0. The third kappa shape index (κ3) is 4.64. The predicted octanol–water partition coefficient (Wildman–Crippen LogP) is 1.84. The molecular formula is C18H21N3O3S. The van der Waals surface area contributed by atoms with Crippen LogP contribution in [0.25, 0.3) is 5.70 Å². The lowest BCUT2D eigenvalue weighted by molar-refractivity contribution is -0.123. The average Bonchev–Trinajstić information content (AvgIpc) is 3.04. The number of benzene rings is 1. The molecular weight excluding hydrogens is 338 g/mol. The number of carbonyl (C=O) groups excluding carboxylic acids is 3. The molecule has 1 aromatic rings. The minimum absolute atomic E-state index is 0.0945. The van der Waals surface area contributed by atoms with E-state index in [1.807, 2.05) is 11.9 Å². The number of aldehydes is 1. The van der Waals surface area contributed by atoms with Gasteiger partial charge in [-0.05, 0) is 50.4 Å². The van der Waals surface area contributed by atoms with Crippen molar-refractivity contribution in [1.29, 1.82) is 0 Å². The SMILES string of the molecule is Cc1ccc(/C(=C/S)N=CNC(=O)[C@@H]2CCCN2C)cc1C(=O)C=O. The normalized spacial score (nSPS) is 18.5. The van der Waals surface area contributed by atoms with Crippen molar-refractivity contribution in [3.63, 3.8) is 0 Å². The number of aryl methyl sites for hydroxylation is 1. The van der Waals surface area contributed by atoms with E-state index in [4.69, 9.17) is 0 Å². The fraction of sp³-hybridized carbons (Fsp3) is 0.333. The molecule has 1 aliphatic heterocycles. The monoisotopic (exact) mass is 359 g/mol. The van der Waals surface area contributed by atoms with Crippen LogP contribution in [0.3, 0.4) is 0 Å². The molecule has 6 nitrogen and oxygen atoms in total. The lowest BCUT2D eigenvalue weighted by Crippen LogP contribution is -2.40. The third-order valence-corrected chi connectivity index (χ3v) is 4.51. The van der Waals surface area contributed by atoms with E-state index in [1.54, 1.807) is 25.1 Å². The van der Waals surface area contributed by atoms with Crippen LogP contribution in [0.5, 0.6) is 0 Å². The van der Waals surface area contributed by atoms with Gasteiger partial charge in [0.1, 0.15) is 0 Å². The van der Waals surface area contributed by atoms with Gasteiger partial charge in [-0.2, -0.15) is 0 Å². The van der Waals surface area contributed by atoms with Crippen LogP contribution in [0, 0.1) is 6.92 Å². The molecule has 0 bridgehead atoms. The molecule has 1 N–H and O–H groups in total. The second-order valence-electron chi connectivity index (χ2n) is 5.93. The molecule has 1 atom stereocenters. The van der Waals surface area contributed by atoms with Gasteiger partial charge in [0.2, 0.25) is 11.7 Å². The van der Waals surface area contributed by atoms with E-state index in [9.17, 15) is 14.4 Å². The van der Waals surface area contributed by atoms with Crippen molar-refractivity contribution in [2.24, 2.45) is 4.99 Å². The van der Waals surface area contributed by atoms with Gasteiger partial charge in [-0.3, -0.25) is 19.3 Å². The van der Waals surface area contributed by atoms with Crippen LogP contribution in [-0.4, -0.2) is 48.8 Å². The van der Waals surface area contributed by atoms with Crippen molar-refractivity contribution < 1.29 is 14.4 Å². The summed E-state index contributed by atoms with van der Waals surface area (Å²) in [7, 11) is 1.92. The third-order valence-electron chi connectivity index (χ3n) is 4.26. The minimum atomic E-state index is -0.584. The molecule has 1 saturated heterocycles. The number of rotatable bonds is 6. The molecule has 1 fully saturated rings. The second-order valence-corrected chi connectivity index (χ2v) is 6.19. The highest BCUT2D eigenvalue weighted by Gasteiger charge is 2.26. The molecule has 7 heteroatoms. The summed E-state index contributed by atoms with van der Waals surface area (Å²) in [4.78, 5) is 40.8. The molecule has 1 aliphatic rings. The van der Waals surface area contributed by atoms with Gasteiger partial charge in [0.25, 0.3) is 0 Å². The minimum Gasteiger partial charge on any atom is -0.315 e. The van der Waals surface area contributed by atoms with Crippen molar-refractivity contribution in [2.45, 2.75) is 25.8 Å². The molecule has 0 aromatic heterocycles. The number of nitrogens with zero attached hydrogens (tertiary/aromatic N) is 2. The summed E-state index contributed by atoms with van der Waals surface area (Å²) in [5.74, 6) is -0.678. The Hall–Kier alpha value is -2.25. The fourth-order valence-electron chi connectivity index (χ4n) is 2.80. The molecule has 0 unspecified atom stereocenters. The van der Waals surface area contributed by atoms with Crippen LogP contribution in [0.2, 0.25) is 0 Å². The van der Waals surface area contributed by atoms with Crippen molar-refractivity contribution in [2.75, 3.05) is 13.6 Å². The van der Waals surface area contributed by atoms with E-state index in [-0.39, 0.29) is 18.2 Å². The highest BCUT2D eigenvalue weighted by molar-refractivity contribution is 7.83. The van der Waals surface area contributed by atoms with Gasteiger partial charge >= 0.3 is 0 Å². The maximum absolute atomic E-state index is 12.1. The van der Waals surface area contributed by atoms with E-state index in [0.717, 1.165) is 19.4 Å². The molecule has 0 radical (unpaired) electrons. The van der Waals surface area contributed by atoms with Crippen molar-refractivity contribution in [3.05, 3.63) is 40.3 Å². The van der Waals surface area contributed by atoms with E-state index in [2.05, 4.69) is 22.9 Å². The first-order chi connectivity index (χ1) is 12.0. The number of likely N-dealkylation sites (tertiary alicyclic amines) is 1. The van der Waals surface area contributed by atoms with Gasteiger partial charge < -0.3 is 5.32 Å². The molecule has 1 aromatic carbocycles. The lowest BCUT2D eigenvalue weighted by Gasteiger charge is -2.17. The Bertz CT molecular complexity index is 743. The average molecular weight is 359 g/mol. The van der Waals surface area contributed by atoms with E-state index < -0.39 is 5.78 Å². The summed E-state index contributed by atoms with van der Waals surface area (Å²) in [6.07, 6.45) is 3.46. The standard InChI is InChI=1S/C18H21N3O3S/c1-12-5-6-13(8-14(12)17(23)9-22)15(10-25)19-11-20-18(24)16-4-3-7-21(16)2/h5-6,8-11,16,25H,3-4,7H2,1-2H3,(H,19,20,24)/b15-10-/t16-/m0/s1. The zero-order chi connectivity index (χ0) is 18.4. The van der Waals surface area contributed by atoms with Crippen molar-refractivity contribution in [3.8, 4) is 0 Å². The van der Waals surface area contributed by atoms with E-state index in [1.165, 1.54) is 11.7 Å². The van der Waals surface area contributed by atoms with Gasteiger partial charge in [-0.25, -0.2) is 4.99 Å². The number of hydrogen-bond acceptors (Lipinski definition) is 6. The quantitative estimate of drug-likeness (QED) is 0.203. The smallest absolute Gasteiger partial charge is 0.242 e. The van der Waals surface area contributed by atoms with Crippen molar-refractivity contribution >= 4 is 42.6 Å². The number of ketones is 1. The first-order valence-electron chi connectivity index (χ1n) is 7.96. The number of carbonyl (C=O) groups is 3. The maximum Gasteiger partial charge on any atom is 0.242 e. The first-order valence-corrected chi connectivity index (χ1v) is 8.47. The van der Waals surface area contributed by atoms with Gasteiger partial charge in [0.15, 0.2) is 6.29 Å². The Morgan fingerprint density at radius 1 is 1.40 bits per heavy atom. The van der Waals surface area contributed by atoms with Crippen LogP contribution >= 0.6 is 12.6 Å². The zero-order valence-corrected chi connectivity index (χ0v) is 15.1. The van der Waals surface area contributed by atoms with Crippen LogP contribution in [-0.2, 0) is 9.59 Å². The second kappa shape index (κ2) is 8.73. The van der Waals surface area contributed by atoms with E-state index in [0.29, 0.717) is 22.4 Å². The predicted molar refractivity (Wildman–Crippen MR) is 101 cm³/mol. The topological polar surface area (TPSA) is 78.8 Å². The number of hydrogen-bond donors (Lipinski definition) is 2. The summed E-state index contributed by atoms with van der Waals surface area (Å²) >= 11 is 4.14. The number of amides is 1. The molecule has 1 heterocycles. The molecule has 0 saturated carbocycles. The summed E-state index contributed by atoms with van der Waals surface area (Å²) in [6, 6.07) is 4.98. The Morgan fingerprint density at radius 3 is 2.76 bits per heavy atom. The van der Waals surface area contributed by atoms with Gasteiger partial charge in [0.05, 0.1) is 18.1 Å². The molecule has 0 aliphatic carbocycles. The summed E-state index contributed by atoms with van der Waals surface area (Å²) in [5.41, 5.74) is 2.14. The highest BCUT2D eigenvalue weighted by atomic mass is 32.1. The van der Waals surface area contributed by atoms with Gasteiger partial charge in [-0.15, -0.1) is 12.6 Å². The molecule has 132 valence electrons. The largest absolute Gasteiger partial charge is 0.315 e. The van der Waals surface area contributed by atoms with E-state index >= 15 is 0 Å².